The van der Waals surface area contributed by atoms with Gasteiger partial charge in [0.15, 0.2) is 5.82 Å². The second-order valence-corrected chi connectivity index (χ2v) is 9.58. The smallest absolute Gasteiger partial charge is 0.367 e. The molecule has 204 valence electrons. The maximum atomic E-state index is 15.0. The Morgan fingerprint density at radius 1 is 1.13 bits per heavy atom. The highest BCUT2D eigenvalue weighted by Gasteiger charge is 2.43. The van der Waals surface area contributed by atoms with Crippen LogP contribution >= 0.6 is 0 Å². The molecule has 0 bridgehead atoms. The van der Waals surface area contributed by atoms with Crippen LogP contribution < -0.4 is 10.2 Å². The van der Waals surface area contributed by atoms with E-state index < -0.39 is 52.2 Å². The van der Waals surface area contributed by atoms with E-state index in [1.54, 1.807) is 6.07 Å². The van der Waals surface area contributed by atoms with Crippen molar-refractivity contribution in [2.75, 3.05) is 30.4 Å². The van der Waals surface area contributed by atoms with Gasteiger partial charge in [0.05, 0.1) is 28.1 Å². The minimum Gasteiger partial charge on any atom is -0.367 e. The number of rotatable bonds is 4. The van der Waals surface area contributed by atoms with E-state index in [1.807, 2.05) is 25.8 Å². The number of carbonyl (C=O) groups is 2. The number of piperazine rings is 1. The van der Waals surface area contributed by atoms with Gasteiger partial charge in [-0.05, 0) is 50.7 Å². The highest BCUT2D eigenvalue weighted by atomic mass is 19.4. The summed E-state index contributed by atoms with van der Waals surface area (Å²) < 4.78 is 70.6. The molecule has 1 fully saturated rings. The lowest BCUT2D eigenvalue weighted by Crippen LogP contribution is -2.55. The number of hydrogen-bond donors (Lipinski definition) is 1. The zero-order valence-electron chi connectivity index (χ0n) is 21.2. The second kappa shape index (κ2) is 10.6. The van der Waals surface area contributed by atoms with Crippen molar-refractivity contribution in [3.63, 3.8) is 0 Å². The van der Waals surface area contributed by atoms with E-state index in [2.05, 4.69) is 15.2 Å². The van der Waals surface area contributed by atoms with Crippen molar-refractivity contribution in [1.29, 1.82) is 5.26 Å². The number of amides is 2. The number of dihydropyridines is 1. The van der Waals surface area contributed by atoms with Gasteiger partial charge >= 0.3 is 6.18 Å². The van der Waals surface area contributed by atoms with E-state index in [0.29, 0.717) is 25.0 Å². The van der Waals surface area contributed by atoms with Crippen LogP contribution in [0.2, 0.25) is 0 Å². The Labute approximate surface area is 221 Å². The van der Waals surface area contributed by atoms with E-state index in [-0.39, 0.29) is 29.4 Å². The third kappa shape index (κ3) is 5.54. The van der Waals surface area contributed by atoms with Crippen molar-refractivity contribution >= 4 is 29.4 Å². The third-order valence-corrected chi connectivity index (χ3v) is 7.03. The first-order valence-corrected chi connectivity index (χ1v) is 12.0. The van der Waals surface area contributed by atoms with Crippen LogP contribution in [0, 0.1) is 28.9 Å². The first-order valence-electron chi connectivity index (χ1n) is 12.0. The lowest BCUT2D eigenvalue weighted by Gasteiger charge is -2.44. The quantitative estimate of drug-likeness (QED) is 0.564. The number of nitriles is 1. The SMILES string of the molecule is C[C@@H]1CN(c2ccc(-c3c(F)ccc(C#N)c3F)cc2NC(=O)C2C=NC(=O)C=C2C(F)(F)F)C[C@H](C)N1C. The van der Waals surface area contributed by atoms with Crippen molar-refractivity contribution < 1.29 is 31.5 Å². The number of halogens is 5. The standard InChI is InChI=1S/C27H24F5N5O2/c1-14-12-37(13-15(2)36(14)3)22-7-5-16(24-20(28)6-4-17(10-33)25(24)29)8-21(22)35-26(39)18-11-34-23(38)9-19(18)27(30,31)32/h4-9,11,14-15,18H,12-13H2,1-3H3,(H,35,39)/t14-,15+,18?. The highest BCUT2D eigenvalue weighted by molar-refractivity contribution is 6.11. The van der Waals surface area contributed by atoms with Crippen molar-refractivity contribution in [2.45, 2.75) is 32.1 Å². The first-order chi connectivity index (χ1) is 18.3. The lowest BCUT2D eigenvalue weighted by molar-refractivity contribution is -0.124. The normalized spacial score (nSPS) is 21.9. The van der Waals surface area contributed by atoms with Gasteiger partial charge in [0.2, 0.25) is 5.91 Å². The highest BCUT2D eigenvalue weighted by Crippen LogP contribution is 2.38. The topological polar surface area (TPSA) is 88.8 Å². The molecule has 2 aliphatic heterocycles. The predicted octanol–water partition coefficient (Wildman–Crippen LogP) is 4.69. The number of hydrogen-bond acceptors (Lipinski definition) is 5. The van der Waals surface area contributed by atoms with Crippen LogP contribution in [0.1, 0.15) is 19.4 Å². The van der Waals surface area contributed by atoms with E-state index in [0.717, 1.165) is 12.1 Å². The van der Waals surface area contributed by atoms with Gasteiger partial charge < -0.3 is 10.2 Å². The number of anilines is 2. The maximum Gasteiger partial charge on any atom is 0.414 e. The minimum atomic E-state index is -4.97. The van der Waals surface area contributed by atoms with Crippen LogP contribution in [0.5, 0.6) is 0 Å². The van der Waals surface area contributed by atoms with Crippen LogP contribution in [0.3, 0.4) is 0 Å². The Bertz CT molecular complexity index is 1420. The number of benzene rings is 2. The Hall–Kier alpha value is -4.11. The van der Waals surface area contributed by atoms with Crippen LogP contribution in [-0.2, 0) is 9.59 Å². The molecule has 0 aromatic heterocycles. The Morgan fingerprint density at radius 2 is 1.79 bits per heavy atom. The molecule has 2 aromatic carbocycles. The maximum absolute atomic E-state index is 15.0. The summed E-state index contributed by atoms with van der Waals surface area (Å²) in [6.07, 6.45) is -4.08. The van der Waals surface area contributed by atoms with E-state index in [4.69, 9.17) is 0 Å². The summed E-state index contributed by atoms with van der Waals surface area (Å²) in [5.74, 6) is -6.25. The number of alkyl halides is 3. The average molecular weight is 546 g/mol. The van der Waals surface area contributed by atoms with Gasteiger partial charge in [-0.1, -0.05) is 6.07 Å². The molecule has 1 unspecified atom stereocenters. The van der Waals surface area contributed by atoms with Gasteiger partial charge in [-0.2, -0.15) is 18.4 Å². The fourth-order valence-corrected chi connectivity index (χ4v) is 4.74. The molecular weight excluding hydrogens is 521 g/mol. The molecule has 39 heavy (non-hydrogen) atoms. The van der Waals surface area contributed by atoms with E-state index in [9.17, 15) is 36.8 Å². The zero-order chi connectivity index (χ0) is 28.6. The summed E-state index contributed by atoms with van der Waals surface area (Å²) in [7, 11) is 1.96. The van der Waals surface area contributed by atoms with Crippen molar-refractivity contribution in [1.82, 2.24) is 4.90 Å². The molecule has 0 aliphatic carbocycles. The zero-order valence-corrected chi connectivity index (χ0v) is 21.2. The summed E-state index contributed by atoms with van der Waals surface area (Å²) in [5, 5.41) is 11.6. The molecule has 2 aromatic rings. The molecule has 4 rings (SSSR count). The molecule has 1 saturated heterocycles. The van der Waals surface area contributed by atoms with E-state index in [1.165, 1.54) is 18.2 Å². The van der Waals surface area contributed by atoms with Gasteiger partial charge in [0, 0.05) is 37.5 Å². The van der Waals surface area contributed by atoms with Gasteiger partial charge in [-0.3, -0.25) is 14.5 Å². The van der Waals surface area contributed by atoms with Gasteiger partial charge in [0.1, 0.15) is 17.8 Å². The molecule has 2 heterocycles. The first kappa shape index (κ1) is 27.9. The summed E-state index contributed by atoms with van der Waals surface area (Å²) in [6.45, 7) is 4.98. The predicted molar refractivity (Wildman–Crippen MR) is 135 cm³/mol. The van der Waals surface area contributed by atoms with Gasteiger partial charge in [-0.25, -0.2) is 13.8 Å². The number of carbonyl (C=O) groups excluding carboxylic acids is 2. The van der Waals surface area contributed by atoms with Crippen LogP contribution in [0.15, 0.2) is 47.0 Å². The summed E-state index contributed by atoms with van der Waals surface area (Å²) in [4.78, 5) is 32.1. The largest absolute Gasteiger partial charge is 0.414 e. The molecule has 0 spiro atoms. The molecule has 2 amide bonds. The third-order valence-electron chi connectivity index (χ3n) is 7.03. The fraction of sp³-hybridized carbons (Fsp3) is 0.333. The monoisotopic (exact) mass is 545 g/mol. The molecule has 7 nitrogen and oxygen atoms in total. The number of nitrogens with zero attached hydrogens (tertiary/aromatic N) is 4. The molecular formula is C27H24F5N5O2. The van der Waals surface area contributed by atoms with E-state index >= 15 is 0 Å². The van der Waals surface area contributed by atoms with Crippen molar-refractivity contribution in [3.05, 3.63) is 59.2 Å². The molecule has 0 radical (unpaired) electrons. The average Bonchev–Trinajstić information content (AvgIpc) is 2.86. The Balaban J connectivity index is 1.80. The molecule has 3 atom stereocenters. The molecule has 2 aliphatic rings. The summed E-state index contributed by atoms with van der Waals surface area (Å²) >= 11 is 0. The molecule has 12 heteroatoms. The number of aliphatic imine (C=N–C) groups is 1. The minimum absolute atomic E-state index is 0.00874. The number of nitrogens with one attached hydrogen (secondary N) is 1. The van der Waals surface area contributed by atoms with Crippen molar-refractivity contribution in [2.24, 2.45) is 10.9 Å². The fourth-order valence-electron chi connectivity index (χ4n) is 4.74. The van der Waals surface area contributed by atoms with Crippen LogP contribution in [-0.4, -0.2) is 61.3 Å². The van der Waals surface area contributed by atoms with Crippen LogP contribution in [0.25, 0.3) is 11.1 Å². The molecule has 0 saturated carbocycles. The molecule has 1 N–H and O–H groups in total. The Morgan fingerprint density at radius 3 is 2.41 bits per heavy atom. The van der Waals surface area contributed by atoms with Crippen molar-refractivity contribution in [3.8, 4) is 17.2 Å². The second-order valence-electron chi connectivity index (χ2n) is 9.58. The number of likely N-dealkylation sites (N-methyl/N-ethyl adjacent to an activating group) is 1. The summed E-state index contributed by atoms with van der Waals surface area (Å²) in [5.41, 5.74) is -1.89. The van der Waals surface area contributed by atoms with Crippen LogP contribution in [0.4, 0.5) is 33.3 Å². The Kier molecular flexibility index (Phi) is 7.57. The lowest BCUT2D eigenvalue weighted by atomic mass is 9.95. The van der Waals surface area contributed by atoms with Gasteiger partial charge in [0.25, 0.3) is 5.91 Å². The van der Waals surface area contributed by atoms with Gasteiger partial charge in [-0.15, -0.1) is 0 Å². The summed E-state index contributed by atoms with van der Waals surface area (Å²) in [6, 6.07) is 7.92.